The molecule has 0 spiro atoms. The summed E-state index contributed by atoms with van der Waals surface area (Å²) in [7, 11) is 0. The molecule has 0 amide bonds. The lowest BCUT2D eigenvalue weighted by atomic mass is 10.1. The van der Waals surface area contributed by atoms with Gasteiger partial charge in [0.05, 0.1) is 0 Å². The van der Waals surface area contributed by atoms with Crippen LogP contribution in [0.25, 0.3) is 0 Å². The predicted octanol–water partition coefficient (Wildman–Crippen LogP) is 2.71. The van der Waals surface area contributed by atoms with Gasteiger partial charge in [-0.25, -0.2) is 0 Å². The first-order valence-electron chi connectivity index (χ1n) is 8.71. The van der Waals surface area contributed by atoms with Crippen molar-refractivity contribution in [2.45, 2.75) is 44.7 Å². The summed E-state index contributed by atoms with van der Waals surface area (Å²) in [6.07, 6.45) is 6.98. The average molecular weight is 285 g/mol. The van der Waals surface area contributed by atoms with E-state index in [0.29, 0.717) is 0 Å². The van der Waals surface area contributed by atoms with E-state index in [0.717, 1.165) is 19.1 Å². The Hall–Kier alpha value is -1.06. The fourth-order valence-electron chi connectivity index (χ4n) is 4.34. The van der Waals surface area contributed by atoms with Crippen molar-refractivity contribution in [2.75, 3.05) is 38.0 Å². The molecule has 114 valence electrons. The molecule has 1 N–H and O–H groups in total. The minimum Gasteiger partial charge on any atom is -0.384 e. The van der Waals surface area contributed by atoms with Crippen LogP contribution in [-0.2, 0) is 13.0 Å². The van der Waals surface area contributed by atoms with Crippen LogP contribution in [0.15, 0.2) is 18.2 Å². The molecular formula is C18H27N3. The Balaban J connectivity index is 1.36. The highest BCUT2D eigenvalue weighted by Crippen LogP contribution is 2.28. The Bertz CT molecular complexity index is 485. The molecule has 3 aliphatic rings. The number of fused-ring (bicyclic) bond motifs is 1. The number of hydrogen-bond acceptors (Lipinski definition) is 3. The number of hydrogen-bond donors (Lipinski definition) is 1. The van der Waals surface area contributed by atoms with Gasteiger partial charge in [0.15, 0.2) is 0 Å². The predicted molar refractivity (Wildman–Crippen MR) is 87.7 cm³/mol. The van der Waals surface area contributed by atoms with E-state index in [1.807, 2.05) is 0 Å². The molecule has 2 fully saturated rings. The third-order valence-electron chi connectivity index (χ3n) is 5.58. The summed E-state index contributed by atoms with van der Waals surface area (Å²) in [6.45, 7) is 7.25. The van der Waals surface area contributed by atoms with Gasteiger partial charge in [-0.1, -0.05) is 31.0 Å². The molecule has 4 rings (SSSR count). The second-order valence-electron chi connectivity index (χ2n) is 6.88. The molecule has 1 aliphatic carbocycles. The largest absolute Gasteiger partial charge is 0.384 e. The molecule has 0 atom stereocenters. The maximum absolute atomic E-state index is 3.57. The van der Waals surface area contributed by atoms with Crippen LogP contribution in [0.3, 0.4) is 0 Å². The van der Waals surface area contributed by atoms with Crippen molar-refractivity contribution in [1.29, 1.82) is 0 Å². The number of nitrogens with one attached hydrogen (secondary N) is 1. The molecule has 1 saturated carbocycles. The van der Waals surface area contributed by atoms with Crippen LogP contribution in [0.5, 0.6) is 0 Å². The maximum atomic E-state index is 3.57. The molecule has 3 heteroatoms. The van der Waals surface area contributed by atoms with Gasteiger partial charge in [0.1, 0.15) is 0 Å². The molecule has 2 heterocycles. The van der Waals surface area contributed by atoms with E-state index in [9.17, 15) is 0 Å². The fraction of sp³-hybridized carbons (Fsp3) is 0.667. The molecule has 0 radical (unpaired) electrons. The number of anilines is 1. The molecule has 2 aliphatic heterocycles. The summed E-state index contributed by atoms with van der Waals surface area (Å²) in [5.41, 5.74) is 4.44. The summed E-state index contributed by atoms with van der Waals surface area (Å²) in [5.74, 6) is 0. The minimum absolute atomic E-state index is 0.898. The lowest BCUT2D eigenvalue weighted by Gasteiger charge is -2.38. The van der Waals surface area contributed by atoms with Gasteiger partial charge in [-0.2, -0.15) is 0 Å². The van der Waals surface area contributed by atoms with Crippen LogP contribution < -0.4 is 5.32 Å². The summed E-state index contributed by atoms with van der Waals surface area (Å²) in [5, 5.41) is 3.57. The summed E-state index contributed by atoms with van der Waals surface area (Å²) in [6, 6.07) is 7.71. The molecule has 1 aromatic carbocycles. The second-order valence-corrected chi connectivity index (χ2v) is 6.88. The molecule has 3 nitrogen and oxygen atoms in total. The minimum atomic E-state index is 0.898. The fourth-order valence-corrected chi connectivity index (χ4v) is 4.34. The summed E-state index contributed by atoms with van der Waals surface area (Å²) < 4.78 is 0. The van der Waals surface area contributed by atoms with Crippen molar-refractivity contribution in [3.05, 3.63) is 29.3 Å². The van der Waals surface area contributed by atoms with E-state index in [-0.39, 0.29) is 0 Å². The van der Waals surface area contributed by atoms with Gasteiger partial charge >= 0.3 is 0 Å². The molecular weight excluding hydrogens is 258 g/mol. The van der Waals surface area contributed by atoms with E-state index >= 15 is 0 Å². The highest BCUT2D eigenvalue weighted by Gasteiger charge is 2.26. The molecule has 0 bridgehead atoms. The summed E-state index contributed by atoms with van der Waals surface area (Å²) >= 11 is 0. The summed E-state index contributed by atoms with van der Waals surface area (Å²) in [4.78, 5) is 5.39. The zero-order valence-electron chi connectivity index (χ0n) is 13.0. The Morgan fingerprint density at radius 3 is 2.67 bits per heavy atom. The number of piperazine rings is 1. The van der Waals surface area contributed by atoms with Crippen LogP contribution in [0, 0.1) is 0 Å². The molecule has 1 aromatic rings. The molecule has 0 unspecified atom stereocenters. The molecule has 1 saturated heterocycles. The standard InChI is InChI=1S/C18H27N3/c1-2-7-17(6-1)21-12-10-20(11-13-21)14-16-5-3-4-15-8-9-19-18(15)16/h3-5,17,19H,1-2,6-14H2. The van der Waals surface area contributed by atoms with E-state index in [1.165, 1.54) is 75.1 Å². The van der Waals surface area contributed by atoms with Crippen molar-refractivity contribution in [1.82, 2.24) is 9.80 Å². The zero-order chi connectivity index (χ0) is 14.1. The first kappa shape index (κ1) is 13.6. The normalized spacial score (nSPS) is 24.2. The average Bonchev–Trinajstić information content (AvgIpc) is 3.20. The van der Waals surface area contributed by atoms with E-state index < -0.39 is 0 Å². The van der Waals surface area contributed by atoms with Crippen molar-refractivity contribution in [3.8, 4) is 0 Å². The van der Waals surface area contributed by atoms with Crippen LogP contribution in [0.4, 0.5) is 5.69 Å². The number of benzene rings is 1. The van der Waals surface area contributed by atoms with Gasteiger partial charge < -0.3 is 5.32 Å². The lowest BCUT2D eigenvalue weighted by molar-refractivity contribution is 0.0938. The molecule has 0 aromatic heterocycles. The van der Waals surface area contributed by atoms with Gasteiger partial charge in [-0.05, 0) is 30.4 Å². The third kappa shape index (κ3) is 2.82. The highest BCUT2D eigenvalue weighted by molar-refractivity contribution is 5.61. The second kappa shape index (κ2) is 5.98. The number of para-hydroxylation sites is 1. The van der Waals surface area contributed by atoms with Gasteiger partial charge in [0.2, 0.25) is 0 Å². The topological polar surface area (TPSA) is 18.5 Å². The van der Waals surface area contributed by atoms with Crippen molar-refractivity contribution in [3.63, 3.8) is 0 Å². The van der Waals surface area contributed by atoms with Crippen LogP contribution >= 0.6 is 0 Å². The van der Waals surface area contributed by atoms with Crippen molar-refractivity contribution >= 4 is 5.69 Å². The number of nitrogens with zero attached hydrogens (tertiary/aromatic N) is 2. The quantitative estimate of drug-likeness (QED) is 0.921. The van der Waals surface area contributed by atoms with E-state index in [4.69, 9.17) is 0 Å². The third-order valence-corrected chi connectivity index (χ3v) is 5.58. The highest BCUT2D eigenvalue weighted by atomic mass is 15.3. The van der Waals surface area contributed by atoms with Gasteiger partial charge in [-0.3, -0.25) is 9.80 Å². The van der Waals surface area contributed by atoms with Crippen LogP contribution in [0.2, 0.25) is 0 Å². The maximum Gasteiger partial charge on any atom is 0.0419 e. The van der Waals surface area contributed by atoms with Gasteiger partial charge in [-0.15, -0.1) is 0 Å². The smallest absolute Gasteiger partial charge is 0.0419 e. The van der Waals surface area contributed by atoms with E-state index in [1.54, 1.807) is 0 Å². The van der Waals surface area contributed by atoms with Crippen LogP contribution in [-0.4, -0.2) is 48.6 Å². The van der Waals surface area contributed by atoms with Crippen LogP contribution in [0.1, 0.15) is 36.8 Å². The Kier molecular flexibility index (Phi) is 3.87. The first-order valence-corrected chi connectivity index (χ1v) is 8.71. The number of rotatable bonds is 3. The Morgan fingerprint density at radius 1 is 1.05 bits per heavy atom. The van der Waals surface area contributed by atoms with Gasteiger partial charge in [0, 0.05) is 51.0 Å². The molecule has 21 heavy (non-hydrogen) atoms. The lowest BCUT2D eigenvalue weighted by Crippen LogP contribution is -2.49. The Labute approximate surface area is 128 Å². The SMILES string of the molecule is c1cc2c(c(CN3CCN(C4CCCC4)CC3)c1)NCC2. The monoisotopic (exact) mass is 285 g/mol. The van der Waals surface area contributed by atoms with E-state index in [2.05, 4.69) is 33.3 Å². The van der Waals surface area contributed by atoms with Crippen molar-refractivity contribution in [2.24, 2.45) is 0 Å². The van der Waals surface area contributed by atoms with Gasteiger partial charge in [0.25, 0.3) is 0 Å². The first-order chi connectivity index (χ1) is 10.4. The van der Waals surface area contributed by atoms with Crippen molar-refractivity contribution < 1.29 is 0 Å². The Morgan fingerprint density at radius 2 is 1.86 bits per heavy atom. The zero-order valence-corrected chi connectivity index (χ0v) is 13.0.